The number of hydrogen-bond donors (Lipinski definition) is 0. The first-order valence-electron chi connectivity index (χ1n) is 30.2. The van der Waals surface area contributed by atoms with Crippen molar-refractivity contribution in [2.24, 2.45) is 0 Å². The first-order valence-corrected chi connectivity index (χ1v) is 30.2. The Bertz CT molecular complexity index is 4250. The summed E-state index contributed by atoms with van der Waals surface area (Å²) in [5.74, 6) is 0. The fourth-order valence-electron chi connectivity index (χ4n) is 15.8. The van der Waals surface area contributed by atoms with Gasteiger partial charge in [-0.3, -0.25) is 0 Å². The van der Waals surface area contributed by atoms with E-state index in [2.05, 4.69) is 270 Å². The Hall–Kier alpha value is -7.28. The Labute approximate surface area is 482 Å². The molecule has 0 nitrogen and oxygen atoms in total. The molecule has 0 heterocycles. The molecule has 0 aromatic heterocycles. The second-order valence-electron chi connectivity index (χ2n) is 31.0. The number of benzene rings is 10. The van der Waals surface area contributed by atoms with Crippen molar-refractivity contribution in [3.05, 3.63) is 201 Å². The molecule has 402 valence electrons. The zero-order valence-electron chi connectivity index (χ0n) is 51.4. The van der Waals surface area contributed by atoms with E-state index < -0.39 is 0 Å². The van der Waals surface area contributed by atoms with Gasteiger partial charge in [-0.15, -0.1) is 0 Å². The molecule has 5 aliphatic rings. The van der Waals surface area contributed by atoms with E-state index in [1.807, 2.05) is 0 Å². The van der Waals surface area contributed by atoms with Gasteiger partial charge in [0.05, 0.1) is 0 Å². The highest BCUT2D eigenvalue weighted by Gasteiger charge is 2.44. The molecule has 81 heavy (non-hydrogen) atoms. The second-order valence-corrected chi connectivity index (χ2v) is 31.0. The van der Waals surface area contributed by atoms with Gasteiger partial charge in [0.2, 0.25) is 0 Å². The number of rotatable bonds is 2. The van der Waals surface area contributed by atoms with Gasteiger partial charge in [-0.05, 0) is 235 Å². The lowest BCUT2D eigenvalue weighted by molar-refractivity contribution is 0.579. The topological polar surface area (TPSA) is 0 Å². The molecular formula is C81H78. The first-order chi connectivity index (χ1) is 38.0. The van der Waals surface area contributed by atoms with Gasteiger partial charge in [0, 0.05) is 16.2 Å². The van der Waals surface area contributed by atoms with Crippen molar-refractivity contribution in [3.8, 4) is 100 Å². The van der Waals surface area contributed by atoms with E-state index in [0.29, 0.717) is 0 Å². The zero-order valence-corrected chi connectivity index (χ0v) is 51.4. The molecule has 0 N–H and O–H groups in total. The number of hydrogen-bond acceptors (Lipinski definition) is 0. The summed E-state index contributed by atoms with van der Waals surface area (Å²) in [5.41, 5.74) is 38.4. The molecule has 0 fully saturated rings. The molecule has 0 saturated carbocycles. The van der Waals surface area contributed by atoms with Crippen molar-refractivity contribution >= 4 is 21.5 Å². The van der Waals surface area contributed by atoms with Crippen LogP contribution in [0.15, 0.2) is 146 Å². The van der Waals surface area contributed by atoms with Gasteiger partial charge < -0.3 is 0 Å². The molecule has 0 unspecified atom stereocenters. The molecule has 0 heteroatoms. The Morgan fingerprint density at radius 1 is 0.222 bits per heavy atom. The maximum absolute atomic E-state index is 2.59. The molecular weight excluding hydrogens is 973 g/mol. The fraction of sp³-hybridized carbons (Fsp3) is 0.309. The Morgan fingerprint density at radius 3 is 0.889 bits per heavy atom. The summed E-state index contributed by atoms with van der Waals surface area (Å²) in [6.45, 7) is 43.0. The van der Waals surface area contributed by atoms with Gasteiger partial charge >= 0.3 is 0 Å². The van der Waals surface area contributed by atoms with Crippen molar-refractivity contribution in [2.45, 2.75) is 163 Å². The lowest BCUT2D eigenvalue weighted by Gasteiger charge is -2.27. The molecule has 0 aliphatic heterocycles. The smallest absolute Gasteiger partial charge is 0.0159 e. The van der Waals surface area contributed by atoms with Crippen LogP contribution >= 0.6 is 0 Å². The van der Waals surface area contributed by atoms with Gasteiger partial charge in [-0.2, -0.15) is 0 Å². The lowest BCUT2D eigenvalue weighted by Crippen LogP contribution is -2.19. The van der Waals surface area contributed by atoms with Gasteiger partial charge in [0.15, 0.2) is 0 Å². The van der Waals surface area contributed by atoms with Crippen LogP contribution in [0.5, 0.6) is 0 Å². The van der Waals surface area contributed by atoms with E-state index in [1.165, 1.54) is 177 Å². The van der Waals surface area contributed by atoms with Crippen LogP contribution in [0.1, 0.15) is 180 Å². The fourth-order valence-corrected chi connectivity index (χ4v) is 15.8. The Morgan fingerprint density at radius 2 is 0.519 bits per heavy atom. The average molecular weight is 1050 g/mol. The molecule has 5 aliphatic carbocycles. The normalized spacial score (nSPS) is 16.1. The van der Waals surface area contributed by atoms with Crippen LogP contribution in [0, 0.1) is 0 Å². The predicted octanol–water partition coefficient (Wildman–Crippen LogP) is 22.7. The predicted molar refractivity (Wildman–Crippen MR) is 349 cm³/mol. The zero-order chi connectivity index (χ0) is 56.9. The van der Waals surface area contributed by atoms with Crippen molar-refractivity contribution in [3.63, 3.8) is 0 Å². The SMILES string of the molecule is CC(C)(C)c1ccc2c(c1)C(C)(C)c1cc(C(C)(C)C)cc(-c3ccc4c5c(cccc35)-c3cc5c(cc3-4)C(C)(C)c3cc4c(cc3-5)-c3cccc5c(-c6cc(C(C)(C)C)cc7c6-c6ccc(C(C)(C)C)cc6C7(C)C)ccc-4c35)c1-2. The minimum Gasteiger partial charge on any atom is -0.0610 e. The first kappa shape index (κ1) is 50.7. The van der Waals surface area contributed by atoms with Crippen molar-refractivity contribution < 1.29 is 0 Å². The molecule has 0 bridgehead atoms. The van der Waals surface area contributed by atoms with Crippen LogP contribution in [-0.2, 0) is 37.9 Å². The minimum absolute atomic E-state index is 0.0145. The summed E-state index contributed by atoms with van der Waals surface area (Å²) in [6.07, 6.45) is 0. The third-order valence-electron chi connectivity index (χ3n) is 20.8. The minimum atomic E-state index is -0.196. The Balaban J connectivity index is 0.877. The van der Waals surface area contributed by atoms with E-state index >= 15 is 0 Å². The van der Waals surface area contributed by atoms with Crippen LogP contribution in [0.3, 0.4) is 0 Å². The van der Waals surface area contributed by atoms with Gasteiger partial charge in [-0.1, -0.05) is 234 Å². The summed E-state index contributed by atoms with van der Waals surface area (Å²) < 4.78 is 0. The molecule has 0 radical (unpaired) electrons. The molecule has 0 atom stereocenters. The van der Waals surface area contributed by atoms with E-state index in [-0.39, 0.29) is 37.9 Å². The van der Waals surface area contributed by atoms with E-state index in [9.17, 15) is 0 Å². The Kier molecular flexibility index (Phi) is 9.77. The van der Waals surface area contributed by atoms with E-state index in [0.717, 1.165) is 0 Å². The molecule has 0 amide bonds. The monoisotopic (exact) mass is 1050 g/mol. The van der Waals surface area contributed by atoms with Crippen molar-refractivity contribution in [1.29, 1.82) is 0 Å². The maximum Gasteiger partial charge on any atom is 0.0159 e. The summed E-state index contributed by atoms with van der Waals surface area (Å²) in [5, 5.41) is 5.45. The summed E-state index contributed by atoms with van der Waals surface area (Å²) in [4.78, 5) is 0. The van der Waals surface area contributed by atoms with Gasteiger partial charge in [0.25, 0.3) is 0 Å². The highest BCUT2D eigenvalue weighted by Crippen LogP contribution is 2.62. The third kappa shape index (κ3) is 6.72. The van der Waals surface area contributed by atoms with Crippen molar-refractivity contribution in [1.82, 2.24) is 0 Å². The van der Waals surface area contributed by atoms with Crippen LogP contribution in [0.25, 0.3) is 122 Å². The molecule has 10 aromatic rings. The van der Waals surface area contributed by atoms with E-state index in [4.69, 9.17) is 0 Å². The molecule has 0 spiro atoms. The highest BCUT2D eigenvalue weighted by molar-refractivity contribution is 6.22. The quantitative estimate of drug-likeness (QED) is 0.162. The molecule has 0 saturated heterocycles. The largest absolute Gasteiger partial charge is 0.0610 e. The van der Waals surface area contributed by atoms with Gasteiger partial charge in [0.1, 0.15) is 0 Å². The third-order valence-corrected chi connectivity index (χ3v) is 20.8. The highest BCUT2D eigenvalue weighted by atomic mass is 14.5. The summed E-state index contributed by atoms with van der Waals surface area (Å²) >= 11 is 0. The van der Waals surface area contributed by atoms with Crippen LogP contribution in [-0.4, -0.2) is 0 Å². The molecule has 15 rings (SSSR count). The lowest BCUT2D eigenvalue weighted by atomic mass is 9.76. The maximum atomic E-state index is 2.59. The second kappa shape index (κ2) is 15.6. The standard InChI is InChI=1S/C81H78/c1-75(2,3)43-25-27-55-65(35-43)80(15,16)69-37-45(77(7,8)9)33-63(73(55)69)47-29-31-53-59-41-67-61(39-57(59)51-23-19-21-49(47)71(51)53)62-40-58-52-24-20-22-50-48(30-32-54(72(50)52)60(58)42-68(62)79(67,13)14)64-34-46(78(10,11)12)38-70-74(64)56-28-26-44(76(4,5)6)36-66(56)81(70,17)18/h19-42H,1-18H3. The van der Waals surface area contributed by atoms with Gasteiger partial charge in [-0.25, -0.2) is 0 Å². The number of fused-ring (bicyclic) bond motifs is 15. The summed E-state index contributed by atoms with van der Waals surface area (Å²) in [7, 11) is 0. The summed E-state index contributed by atoms with van der Waals surface area (Å²) in [6, 6.07) is 59.3. The van der Waals surface area contributed by atoms with Crippen LogP contribution in [0.4, 0.5) is 0 Å². The van der Waals surface area contributed by atoms with E-state index in [1.54, 1.807) is 0 Å². The van der Waals surface area contributed by atoms with Crippen molar-refractivity contribution in [2.75, 3.05) is 0 Å². The molecule has 10 aromatic carbocycles. The average Bonchev–Trinajstić information content (AvgIpc) is 3.37. The van der Waals surface area contributed by atoms with Crippen LogP contribution in [0.2, 0.25) is 0 Å². The van der Waals surface area contributed by atoms with Crippen LogP contribution < -0.4 is 0 Å².